The summed E-state index contributed by atoms with van der Waals surface area (Å²) in [6.45, 7) is 3.86. The van der Waals surface area contributed by atoms with Crippen molar-refractivity contribution < 1.29 is 15.0 Å². The number of phenols is 1. The minimum atomic E-state index is -0.919. The maximum Gasteiger partial charge on any atom is 0.318 e. The lowest BCUT2D eigenvalue weighted by Crippen LogP contribution is -2.22. The molecule has 0 atom stereocenters. The molecule has 0 saturated carbocycles. The van der Waals surface area contributed by atoms with Crippen LogP contribution in [0, 0.1) is 34.1 Å². The summed E-state index contributed by atoms with van der Waals surface area (Å²) in [5, 5.41) is 32.4. The second kappa shape index (κ2) is 6.34. The molecule has 0 radical (unpaired) electrons. The quantitative estimate of drug-likeness (QED) is 0.403. The van der Waals surface area contributed by atoms with Gasteiger partial charge in [-0.1, -0.05) is 11.3 Å². The number of imidazole rings is 1. The molecule has 146 valence electrons. The van der Waals surface area contributed by atoms with Gasteiger partial charge in [-0.2, -0.15) is 0 Å². The van der Waals surface area contributed by atoms with Gasteiger partial charge in [-0.3, -0.25) is 25.0 Å². The molecule has 0 fully saturated rings. The zero-order valence-corrected chi connectivity index (χ0v) is 15.9. The van der Waals surface area contributed by atoms with Gasteiger partial charge in [0.05, 0.1) is 31.5 Å². The van der Waals surface area contributed by atoms with E-state index in [0.29, 0.717) is 22.1 Å². The van der Waals surface area contributed by atoms with Crippen molar-refractivity contribution in [1.82, 2.24) is 9.38 Å². The molecule has 0 saturated heterocycles. The van der Waals surface area contributed by atoms with Crippen LogP contribution in [0.3, 0.4) is 0 Å². The molecule has 2 aromatic heterocycles. The lowest BCUT2D eigenvalue weighted by atomic mass is 10.1. The molecule has 1 N–H and O–H groups in total. The van der Waals surface area contributed by atoms with Gasteiger partial charge in [-0.25, -0.2) is 9.38 Å². The molecule has 4 rings (SSSR count). The molecule has 0 aliphatic carbocycles. The van der Waals surface area contributed by atoms with Crippen LogP contribution in [-0.4, -0.2) is 24.3 Å². The Morgan fingerprint density at radius 2 is 1.79 bits per heavy atom. The first-order chi connectivity index (χ1) is 13.7. The van der Waals surface area contributed by atoms with E-state index in [-0.39, 0.29) is 10.1 Å². The summed E-state index contributed by atoms with van der Waals surface area (Å²) in [7, 11) is 0. The minimum absolute atomic E-state index is 0.137. The molecule has 0 unspecified atom stereocenters. The summed E-state index contributed by atoms with van der Waals surface area (Å²) in [6, 6.07) is 5.38. The number of aryl methyl sites for hydroxylation is 2. The molecular formula is C18H12N4O6S. The number of aromatic hydroxyl groups is 1. The van der Waals surface area contributed by atoms with Crippen LogP contribution in [0.25, 0.3) is 22.1 Å². The predicted molar refractivity (Wildman–Crippen MR) is 107 cm³/mol. The molecule has 10 nitrogen and oxygen atoms in total. The Morgan fingerprint density at radius 1 is 1.10 bits per heavy atom. The number of nitro benzene ring substituents is 2. The van der Waals surface area contributed by atoms with E-state index in [2.05, 4.69) is 4.98 Å². The molecule has 0 bridgehead atoms. The van der Waals surface area contributed by atoms with Gasteiger partial charge >= 0.3 is 5.69 Å². The third-order valence-electron chi connectivity index (χ3n) is 4.65. The highest BCUT2D eigenvalue weighted by Crippen LogP contribution is 2.34. The number of nitrogens with zero attached hydrogens (tertiary/aromatic N) is 4. The van der Waals surface area contributed by atoms with Crippen molar-refractivity contribution in [3.8, 4) is 5.75 Å². The van der Waals surface area contributed by atoms with Crippen molar-refractivity contribution >= 4 is 44.8 Å². The van der Waals surface area contributed by atoms with Crippen LogP contribution in [0.2, 0.25) is 0 Å². The van der Waals surface area contributed by atoms with Gasteiger partial charge in [0.25, 0.3) is 11.2 Å². The second-order valence-corrected chi connectivity index (χ2v) is 7.50. The summed E-state index contributed by atoms with van der Waals surface area (Å²) in [4.78, 5) is 38.2. The Morgan fingerprint density at radius 3 is 2.45 bits per heavy atom. The molecule has 4 aromatic rings. The SMILES string of the molecule is Cc1cc2nc3s/c(=C\c4cc([N+](=O)[O-])cc([N+](=O)[O-])c4O)c(=O)n3c2cc1C. The van der Waals surface area contributed by atoms with Gasteiger partial charge < -0.3 is 5.11 Å². The summed E-state index contributed by atoms with van der Waals surface area (Å²) in [5.74, 6) is -0.748. The number of nitro groups is 2. The Hall–Kier alpha value is -3.86. The van der Waals surface area contributed by atoms with Crippen molar-refractivity contribution in [2.45, 2.75) is 13.8 Å². The highest BCUT2D eigenvalue weighted by atomic mass is 32.1. The second-order valence-electron chi connectivity index (χ2n) is 6.49. The lowest BCUT2D eigenvalue weighted by Gasteiger charge is -2.00. The average Bonchev–Trinajstić information content (AvgIpc) is 3.13. The first-order valence-corrected chi connectivity index (χ1v) is 9.08. The van der Waals surface area contributed by atoms with E-state index in [9.17, 15) is 30.1 Å². The summed E-state index contributed by atoms with van der Waals surface area (Å²) in [5.41, 5.74) is 1.32. The third kappa shape index (κ3) is 2.88. The predicted octanol–water partition coefficient (Wildman–Crippen LogP) is 2.60. The van der Waals surface area contributed by atoms with Crippen LogP contribution in [0.1, 0.15) is 16.7 Å². The highest BCUT2D eigenvalue weighted by Gasteiger charge is 2.23. The van der Waals surface area contributed by atoms with E-state index in [1.165, 1.54) is 10.5 Å². The molecule has 0 spiro atoms. The van der Waals surface area contributed by atoms with Crippen LogP contribution in [0.4, 0.5) is 11.4 Å². The highest BCUT2D eigenvalue weighted by molar-refractivity contribution is 7.15. The van der Waals surface area contributed by atoms with Crippen molar-refractivity contribution in [1.29, 1.82) is 0 Å². The zero-order chi connectivity index (χ0) is 21.0. The molecule has 29 heavy (non-hydrogen) atoms. The normalized spacial score (nSPS) is 12.1. The maximum atomic E-state index is 12.9. The van der Waals surface area contributed by atoms with Gasteiger partial charge in [0.15, 0.2) is 4.96 Å². The number of phenolic OH excluding ortho intramolecular Hbond substituents is 1. The van der Waals surface area contributed by atoms with Gasteiger partial charge in [0.1, 0.15) is 0 Å². The van der Waals surface area contributed by atoms with Crippen LogP contribution < -0.4 is 10.1 Å². The van der Waals surface area contributed by atoms with E-state index in [1.54, 1.807) is 0 Å². The standard InChI is InChI=1S/C18H12N4O6S/c1-8-3-12-13(4-9(8)2)20-17(24)15(29-18(20)19-12)6-10-5-11(21(25)26)7-14(16(10)23)22(27)28/h3-7,23H,1-2H3/b15-6-. The number of hydrogen-bond acceptors (Lipinski definition) is 8. The largest absolute Gasteiger partial charge is 0.502 e. The number of hydrogen-bond donors (Lipinski definition) is 1. The lowest BCUT2D eigenvalue weighted by molar-refractivity contribution is -0.394. The Kier molecular flexibility index (Phi) is 4.05. The molecule has 0 aliphatic heterocycles. The van der Waals surface area contributed by atoms with Gasteiger partial charge in [-0.05, 0) is 43.2 Å². The summed E-state index contributed by atoms with van der Waals surface area (Å²) >= 11 is 1.03. The summed E-state index contributed by atoms with van der Waals surface area (Å²) < 4.78 is 1.55. The third-order valence-corrected chi connectivity index (χ3v) is 5.62. The molecule has 11 heteroatoms. The Labute approximate surface area is 165 Å². The fourth-order valence-corrected chi connectivity index (χ4v) is 4.02. The molecular weight excluding hydrogens is 400 g/mol. The van der Waals surface area contributed by atoms with Gasteiger partial charge in [0, 0.05) is 11.6 Å². The molecule has 2 aromatic carbocycles. The van der Waals surface area contributed by atoms with E-state index in [1.807, 2.05) is 26.0 Å². The molecule has 0 aliphatic rings. The Balaban J connectivity index is 2.01. The minimum Gasteiger partial charge on any atom is -0.502 e. The number of thiazole rings is 1. The van der Waals surface area contributed by atoms with Crippen molar-refractivity contribution in [3.05, 3.63) is 76.1 Å². The van der Waals surface area contributed by atoms with Crippen LogP contribution in [-0.2, 0) is 0 Å². The number of aromatic nitrogens is 2. The van der Waals surface area contributed by atoms with E-state index >= 15 is 0 Å². The van der Waals surface area contributed by atoms with E-state index < -0.39 is 32.5 Å². The smallest absolute Gasteiger partial charge is 0.318 e. The average molecular weight is 412 g/mol. The maximum absolute atomic E-state index is 12.9. The Bertz CT molecular complexity index is 1470. The van der Waals surface area contributed by atoms with Crippen LogP contribution in [0.15, 0.2) is 29.1 Å². The monoisotopic (exact) mass is 412 g/mol. The van der Waals surface area contributed by atoms with Gasteiger partial charge in [-0.15, -0.1) is 0 Å². The van der Waals surface area contributed by atoms with Crippen LogP contribution in [0.5, 0.6) is 5.75 Å². The van der Waals surface area contributed by atoms with Crippen molar-refractivity contribution in [2.24, 2.45) is 0 Å². The first-order valence-electron chi connectivity index (χ1n) is 8.27. The first kappa shape index (κ1) is 18.5. The molecule has 2 heterocycles. The molecule has 0 amide bonds. The van der Waals surface area contributed by atoms with Crippen molar-refractivity contribution in [3.63, 3.8) is 0 Å². The van der Waals surface area contributed by atoms with E-state index in [4.69, 9.17) is 0 Å². The number of benzene rings is 2. The van der Waals surface area contributed by atoms with E-state index in [0.717, 1.165) is 28.5 Å². The number of non-ortho nitro benzene ring substituents is 1. The number of rotatable bonds is 3. The van der Waals surface area contributed by atoms with Crippen molar-refractivity contribution in [2.75, 3.05) is 0 Å². The summed E-state index contributed by atoms with van der Waals surface area (Å²) in [6.07, 6.45) is 1.20. The zero-order valence-electron chi connectivity index (χ0n) is 15.1. The fourth-order valence-electron chi connectivity index (χ4n) is 3.04. The van der Waals surface area contributed by atoms with Gasteiger partial charge in [0.2, 0.25) is 5.75 Å². The fraction of sp³-hybridized carbons (Fsp3) is 0.111. The number of fused-ring (bicyclic) bond motifs is 3. The topological polar surface area (TPSA) is 141 Å². The van der Waals surface area contributed by atoms with Crippen LogP contribution >= 0.6 is 11.3 Å².